The zero-order valence-electron chi connectivity index (χ0n) is 12.7. The first-order valence-electron chi connectivity index (χ1n) is 7.18. The predicted molar refractivity (Wildman–Crippen MR) is 82.7 cm³/mol. The van der Waals surface area contributed by atoms with Crippen LogP contribution in [-0.2, 0) is 0 Å². The minimum absolute atomic E-state index is 0.173. The van der Waals surface area contributed by atoms with Crippen LogP contribution >= 0.6 is 0 Å². The van der Waals surface area contributed by atoms with Crippen LogP contribution in [0.15, 0.2) is 24.3 Å². The maximum Gasteiger partial charge on any atom is 0.0390 e. The standard InChI is InChI=1S/C16H27N3/c1-13-6-5-7-14(10-13)19-12-15(11-17)18(4)9-8-16(19,2)3/h5-7,10,15H,8-9,11-12,17H2,1-4H3. The Morgan fingerprint density at radius 1 is 1.37 bits per heavy atom. The molecule has 2 rings (SSSR count). The Labute approximate surface area is 117 Å². The summed E-state index contributed by atoms with van der Waals surface area (Å²) in [6.07, 6.45) is 1.16. The molecule has 1 aromatic rings. The summed E-state index contributed by atoms with van der Waals surface area (Å²) < 4.78 is 0. The molecular formula is C16H27N3. The van der Waals surface area contributed by atoms with Gasteiger partial charge < -0.3 is 15.5 Å². The molecule has 1 aromatic carbocycles. The predicted octanol–water partition coefficient (Wildman–Crippen LogP) is 2.24. The van der Waals surface area contributed by atoms with Crippen LogP contribution in [0, 0.1) is 6.92 Å². The van der Waals surface area contributed by atoms with Gasteiger partial charge >= 0.3 is 0 Å². The Hall–Kier alpha value is -1.06. The summed E-state index contributed by atoms with van der Waals surface area (Å²) in [6.45, 7) is 9.65. The third kappa shape index (κ3) is 3.10. The van der Waals surface area contributed by atoms with Gasteiger partial charge in [0.15, 0.2) is 0 Å². The topological polar surface area (TPSA) is 32.5 Å². The van der Waals surface area contributed by atoms with Gasteiger partial charge in [-0.2, -0.15) is 0 Å². The number of benzene rings is 1. The molecule has 106 valence electrons. The van der Waals surface area contributed by atoms with Crippen molar-refractivity contribution in [3.05, 3.63) is 29.8 Å². The van der Waals surface area contributed by atoms with Crippen LogP contribution in [0.3, 0.4) is 0 Å². The van der Waals surface area contributed by atoms with Crippen molar-refractivity contribution in [1.82, 2.24) is 4.90 Å². The number of anilines is 1. The molecule has 1 aliphatic heterocycles. The van der Waals surface area contributed by atoms with Gasteiger partial charge in [-0.05, 0) is 51.9 Å². The Morgan fingerprint density at radius 3 is 2.74 bits per heavy atom. The summed E-state index contributed by atoms with van der Waals surface area (Å²) in [5.41, 5.74) is 8.76. The van der Waals surface area contributed by atoms with E-state index < -0.39 is 0 Å². The molecule has 0 saturated carbocycles. The minimum atomic E-state index is 0.173. The van der Waals surface area contributed by atoms with E-state index in [2.05, 4.69) is 61.9 Å². The molecule has 0 aliphatic carbocycles. The first kappa shape index (κ1) is 14.4. The van der Waals surface area contributed by atoms with Crippen molar-refractivity contribution in [3.8, 4) is 0 Å². The van der Waals surface area contributed by atoms with Gasteiger partial charge in [-0.25, -0.2) is 0 Å². The van der Waals surface area contributed by atoms with E-state index in [1.807, 2.05) is 0 Å². The maximum atomic E-state index is 5.95. The molecule has 3 nitrogen and oxygen atoms in total. The van der Waals surface area contributed by atoms with Crippen LogP contribution in [0.1, 0.15) is 25.8 Å². The summed E-state index contributed by atoms with van der Waals surface area (Å²) >= 11 is 0. The minimum Gasteiger partial charge on any atom is -0.365 e. The van der Waals surface area contributed by atoms with Crippen LogP contribution < -0.4 is 10.6 Å². The van der Waals surface area contributed by atoms with Crippen LogP contribution in [0.2, 0.25) is 0 Å². The summed E-state index contributed by atoms with van der Waals surface area (Å²) in [7, 11) is 2.19. The van der Waals surface area contributed by atoms with Crippen molar-refractivity contribution in [1.29, 1.82) is 0 Å². The number of nitrogens with two attached hydrogens (primary N) is 1. The molecule has 0 amide bonds. The van der Waals surface area contributed by atoms with Gasteiger partial charge in [0.05, 0.1) is 0 Å². The highest BCUT2D eigenvalue weighted by Gasteiger charge is 2.33. The van der Waals surface area contributed by atoms with Crippen LogP contribution in [0.4, 0.5) is 5.69 Å². The van der Waals surface area contributed by atoms with Crippen molar-refractivity contribution in [3.63, 3.8) is 0 Å². The van der Waals surface area contributed by atoms with E-state index in [4.69, 9.17) is 5.73 Å². The molecule has 1 fully saturated rings. The zero-order chi connectivity index (χ0) is 14.0. The van der Waals surface area contributed by atoms with Crippen molar-refractivity contribution in [2.45, 2.75) is 38.8 Å². The number of rotatable bonds is 2. The lowest BCUT2D eigenvalue weighted by molar-refractivity contribution is 0.263. The highest BCUT2D eigenvalue weighted by Crippen LogP contribution is 2.30. The van der Waals surface area contributed by atoms with Crippen molar-refractivity contribution in [2.24, 2.45) is 5.73 Å². The molecule has 1 heterocycles. The Kier molecular flexibility index (Phi) is 4.16. The van der Waals surface area contributed by atoms with E-state index in [-0.39, 0.29) is 5.54 Å². The highest BCUT2D eigenvalue weighted by atomic mass is 15.3. The summed E-state index contributed by atoms with van der Waals surface area (Å²) in [5, 5.41) is 0. The van der Waals surface area contributed by atoms with E-state index in [0.717, 1.165) is 26.1 Å². The fraction of sp³-hybridized carbons (Fsp3) is 0.625. The summed E-state index contributed by atoms with van der Waals surface area (Å²) in [5.74, 6) is 0. The second-order valence-electron chi connectivity index (χ2n) is 6.38. The molecule has 0 aromatic heterocycles. The van der Waals surface area contributed by atoms with Crippen LogP contribution in [-0.4, -0.2) is 43.2 Å². The number of likely N-dealkylation sites (N-methyl/N-ethyl adjacent to an activating group) is 1. The van der Waals surface area contributed by atoms with Crippen LogP contribution in [0.25, 0.3) is 0 Å². The van der Waals surface area contributed by atoms with E-state index >= 15 is 0 Å². The summed E-state index contributed by atoms with van der Waals surface area (Å²) in [4.78, 5) is 4.93. The lowest BCUT2D eigenvalue weighted by Gasteiger charge is -2.40. The number of aryl methyl sites for hydroxylation is 1. The van der Waals surface area contributed by atoms with Crippen molar-refractivity contribution >= 4 is 5.69 Å². The average Bonchev–Trinajstić information content (AvgIpc) is 2.47. The van der Waals surface area contributed by atoms with E-state index in [9.17, 15) is 0 Å². The number of hydrogen-bond donors (Lipinski definition) is 1. The molecule has 19 heavy (non-hydrogen) atoms. The van der Waals surface area contributed by atoms with E-state index in [0.29, 0.717) is 6.04 Å². The van der Waals surface area contributed by atoms with E-state index in [1.165, 1.54) is 11.3 Å². The maximum absolute atomic E-state index is 5.95. The molecule has 2 N–H and O–H groups in total. The lowest BCUT2D eigenvalue weighted by Crippen LogP contribution is -2.49. The quantitative estimate of drug-likeness (QED) is 0.886. The molecule has 1 aliphatic rings. The third-order valence-electron chi connectivity index (χ3n) is 4.41. The monoisotopic (exact) mass is 261 g/mol. The Balaban J connectivity index is 2.33. The normalized spacial score (nSPS) is 24.3. The van der Waals surface area contributed by atoms with Gasteiger partial charge in [-0.15, -0.1) is 0 Å². The first-order chi connectivity index (χ1) is 8.94. The molecule has 1 saturated heterocycles. The van der Waals surface area contributed by atoms with Gasteiger partial charge in [-0.1, -0.05) is 12.1 Å². The molecule has 0 bridgehead atoms. The first-order valence-corrected chi connectivity index (χ1v) is 7.18. The lowest BCUT2D eigenvalue weighted by atomic mass is 9.97. The average molecular weight is 261 g/mol. The third-order valence-corrected chi connectivity index (χ3v) is 4.41. The fourth-order valence-corrected chi connectivity index (χ4v) is 2.87. The Bertz CT molecular complexity index is 428. The van der Waals surface area contributed by atoms with Gasteiger partial charge in [-0.3, -0.25) is 0 Å². The van der Waals surface area contributed by atoms with Gasteiger partial charge in [0.2, 0.25) is 0 Å². The largest absolute Gasteiger partial charge is 0.365 e. The second-order valence-corrected chi connectivity index (χ2v) is 6.38. The van der Waals surface area contributed by atoms with Gasteiger partial charge in [0.1, 0.15) is 0 Å². The number of nitrogens with zero attached hydrogens (tertiary/aromatic N) is 2. The van der Waals surface area contributed by atoms with Crippen molar-refractivity contribution < 1.29 is 0 Å². The smallest absolute Gasteiger partial charge is 0.0390 e. The van der Waals surface area contributed by atoms with Gasteiger partial charge in [0, 0.05) is 36.9 Å². The molecule has 0 spiro atoms. The molecule has 0 radical (unpaired) electrons. The van der Waals surface area contributed by atoms with Gasteiger partial charge in [0.25, 0.3) is 0 Å². The number of hydrogen-bond acceptors (Lipinski definition) is 3. The van der Waals surface area contributed by atoms with E-state index in [1.54, 1.807) is 0 Å². The van der Waals surface area contributed by atoms with Crippen molar-refractivity contribution in [2.75, 3.05) is 31.6 Å². The Morgan fingerprint density at radius 2 is 2.11 bits per heavy atom. The highest BCUT2D eigenvalue weighted by molar-refractivity contribution is 5.51. The summed E-state index contributed by atoms with van der Waals surface area (Å²) in [6, 6.07) is 9.23. The zero-order valence-corrected chi connectivity index (χ0v) is 12.7. The van der Waals surface area contributed by atoms with Crippen LogP contribution in [0.5, 0.6) is 0 Å². The molecule has 3 heteroatoms. The molecule has 1 atom stereocenters. The molecular weight excluding hydrogens is 234 g/mol. The second kappa shape index (κ2) is 5.51. The SMILES string of the molecule is Cc1cccc(N2CC(CN)N(C)CCC2(C)C)c1. The molecule has 1 unspecified atom stereocenters. The fourth-order valence-electron chi connectivity index (χ4n) is 2.87.